The molecule has 0 aliphatic heterocycles. The topological polar surface area (TPSA) is 47.9 Å². The largest absolute Gasteiger partial charge is 0.490 e. The van der Waals surface area contributed by atoms with Gasteiger partial charge in [0.2, 0.25) is 0 Å². The van der Waals surface area contributed by atoms with Crippen LogP contribution in [0.25, 0.3) is 11.5 Å². The molecule has 0 saturated carbocycles. The van der Waals surface area contributed by atoms with Crippen LogP contribution in [-0.2, 0) is 6.42 Å². The van der Waals surface area contributed by atoms with E-state index in [9.17, 15) is 0 Å². The number of unbranched alkanes of at least 4 members (excludes halogenated alkanes) is 9. The van der Waals surface area contributed by atoms with Gasteiger partial charge in [-0.3, -0.25) is 4.98 Å². The minimum Gasteiger partial charge on any atom is -0.490 e. The number of rotatable bonds is 17. The highest BCUT2D eigenvalue weighted by molar-refractivity contribution is 5.49. The fourth-order valence-corrected chi connectivity index (χ4v) is 3.71. The van der Waals surface area contributed by atoms with Gasteiger partial charge < -0.3 is 4.74 Å². The molecule has 0 aliphatic rings. The van der Waals surface area contributed by atoms with Gasteiger partial charge in [-0.05, 0) is 36.8 Å². The Labute approximate surface area is 190 Å². The monoisotopic (exact) mass is 425 g/mol. The predicted molar refractivity (Wildman–Crippen MR) is 130 cm³/mol. The second-order valence-corrected chi connectivity index (χ2v) is 9.11. The maximum absolute atomic E-state index is 5.78. The van der Waals surface area contributed by atoms with Crippen LogP contribution in [0.5, 0.6) is 5.75 Å². The average molecular weight is 426 g/mol. The van der Waals surface area contributed by atoms with Crippen LogP contribution in [0, 0.1) is 5.92 Å². The summed E-state index contributed by atoms with van der Waals surface area (Å²) in [5.74, 6) is 2.22. The minimum absolute atomic E-state index is 0.656. The predicted octanol–water partition coefficient (Wildman–Crippen LogP) is 7.82. The van der Waals surface area contributed by atoms with Crippen molar-refractivity contribution in [3.8, 4) is 17.3 Å². The minimum atomic E-state index is 0.656. The zero-order chi connectivity index (χ0) is 22.2. The lowest BCUT2D eigenvalue weighted by atomic mass is 10.0. The molecule has 31 heavy (non-hydrogen) atoms. The van der Waals surface area contributed by atoms with Gasteiger partial charge in [-0.25, -0.2) is 9.97 Å². The van der Waals surface area contributed by atoms with E-state index in [0.29, 0.717) is 5.82 Å². The molecule has 0 atom stereocenters. The third-order valence-electron chi connectivity index (χ3n) is 5.70. The zero-order valence-electron chi connectivity index (χ0n) is 20.1. The van der Waals surface area contributed by atoms with E-state index in [1.54, 1.807) is 12.4 Å². The normalized spacial score (nSPS) is 11.2. The van der Waals surface area contributed by atoms with E-state index in [1.165, 1.54) is 76.2 Å². The van der Waals surface area contributed by atoms with Crippen molar-refractivity contribution < 1.29 is 4.74 Å². The van der Waals surface area contributed by atoms with Crippen molar-refractivity contribution >= 4 is 0 Å². The molecule has 0 aliphatic carbocycles. The Balaban J connectivity index is 1.64. The molecule has 4 heteroatoms. The van der Waals surface area contributed by atoms with E-state index in [-0.39, 0.29) is 0 Å². The summed E-state index contributed by atoms with van der Waals surface area (Å²) in [6.07, 6.45) is 22.2. The van der Waals surface area contributed by atoms with Crippen molar-refractivity contribution in [2.45, 2.75) is 104 Å². The first-order valence-corrected chi connectivity index (χ1v) is 12.6. The van der Waals surface area contributed by atoms with Crippen LogP contribution in [0.4, 0.5) is 0 Å². The van der Waals surface area contributed by atoms with Gasteiger partial charge in [-0.15, -0.1) is 0 Å². The highest BCUT2D eigenvalue weighted by Gasteiger charge is 2.05. The molecular formula is C27H43N3O. The molecule has 0 bridgehead atoms. The van der Waals surface area contributed by atoms with E-state index in [4.69, 9.17) is 4.74 Å². The molecule has 2 rings (SSSR count). The fraction of sp³-hybridized carbons (Fsp3) is 0.667. The van der Waals surface area contributed by atoms with Gasteiger partial charge in [0, 0.05) is 6.20 Å². The quantitative estimate of drug-likeness (QED) is 0.242. The lowest BCUT2D eigenvalue weighted by molar-refractivity contribution is 0.302. The number of ether oxygens (including phenoxy) is 1. The molecule has 2 aromatic heterocycles. The first-order valence-electron chi connectivity index (χ1n) is 12.6. The molecule has 2 heterocycles. The summed E-state index contributed by atoms with van der Waals surface area (Å²) < 4.78 is 5.78. The van der Waals surface area contributed by atoms with Crippen molar-refractivity contribution in [2.75, 3.05) is 6.61 Å². The van der Waals surface area contributed by atoms with Gasteiger partial charge in [-0.2, -0.15) is 0 Å². The Morgan fingerprint density at radius 3 is 2.10 bits per heavy atom. The summed E-state index contributed by atoms with van der Waals surface area (Å²) in [5, 5.41) is 0. The molecule has 2 aromatic rings. The van der Waals surface area contributed by atoms with Gasteiger partial charge >= 0.3 is 0 Å². The fourth-order valence-electron chi connectivity index (χ4n) is 3.71. The summed E-state index contributed by atoms with van der Waals surface area (Å²) in [7, 11) is 0. The van der Waals surface area contributed by atoms with Gasteiger partial charge in [0.15, 0.2) is 11.6 Å². The summed E-state index contributed by atoms with van der Waals surface area (Å²) in [6.45, 7) is 7.59. The average Bonchev–Trinajstić information content (AvgIpc) is 2.78. The standard InChI is InChI=1S/C27H43N3O/c1-4-5-6-7-8-11-14-19-31-25-21-29-27(30-22-25)26-18-17-24(20-28-26)16-13-10-9-12-15-23(2)3/h17-18,20-23H,4-16,19H2,1-3H3. The Morgan fingerprint density at radius 2 is 1.42 bits per heavy atom. The highest BCUT2D eigenvalue weighted by Crippen LogP contribution is 2.17. The summed E-state index contributed by atoms with van der Waals surface area (Å²) >= 11 is 0. The van der Waals surface area contributed by atoms with Crippen molar-refractivity contribution in [3.05, 3.63) is 36.3 Å². The SMILES string of the molecule is CCCCCCCCCOc1cnc(-c2ccc(CCCCCCC(C)C)cn2)nc1. The molecule has 0 radical (unpaired) electrons. The molecule has 4 nitrogen and oxygen atoms in total. The number of aromatic nitrogens is 3. The van der Waals surface area contributed by atoms with Crippen LogP contribution in [-0.4, -0.2) is 21.6 Å². The molecule has 0 unspecified atom stereocenters. The Bertz CT molecular complexity index is 683. The third kappa shape index (κ3) is 11.3. The maximum Gasteiger partial charge on any atom is 0.178 e. The number of hydrogen-bond donors (Lipinski definition) is 0. The van der Waals surface area contributed by atoms with Crippen LogP contribution in [0.15, 0.2) is 30.7 Å². The molecule has 0 aromatic carbocycles. The van der Waals surface area contributed by atoms with Gasteiger partial charge in [0.1, 0.15) is 5.69 Å². The number of hydrogen-bond acceptors (Lipinski definition) is 4. The van der Waals surface area contributed by atoms with Crippen molar-refractivity contribution in [2.24, 2.45) is 5.92 Å². The van der Waals surface area contributed by atoms with E-state index >= 15 is 0 Å². The number of aryl methyl sites for hydroxylation is 1. The van der Waals surface area contributed by atoms with E-state index < -0.39 is 0 Å². The number of pyridine rings is 1. The smallest absolute Gasteiger partial charge is 0.178 e. The second-order valence-electron chi connectivity index (χ2n) is 9.11. The molecule has 172 valence electrons. The van der Waals surface area contributed by atoms with Crippen molar-refractivity contribution in [1.82, 2.24) is 15.0 Å². The molecule has 0 spiro atoms. The van der Waals surface area contributed by atoms with Crippen LogP contribution in [0.2, 0.25) is 0 Å². The lowest BCUT2D eigenvalue weighted by Crippen LogP contribution is -1.99. The van der Waals surface area contributed by atoms with Crippen LogP contribution in [0.3, 0.4) is 0 Å². The van der Waals surface area contributed by atoms with Gasteiger partial charge in [0.25, 0.3) is 0 Å². The van der Waals surface area contributed by atoms with Crippen LogP contribution in [0.1, 0.15) is 103 Å². The second kappa shape index (κ2) is 15.8. The zero-order valence-corrected chi connectivity index (χ0v) is 20.1. The summed E-state index contributed by atoms with van der Waals surface area (Å²) in [4.78, 5) is 13.4. The van der Waals surface area contributed by atoms with Crippen molar-refractivity contribution in [3.63, 3.8) is 0 Å². The number of nitrogens with zero attached hydrogens (tertiary/aromatic N) is 3. The Morgan fingerprint density at radius 1 is 0.742 bits per heavy atom. The molecule has 0 fully saturated rings. The summed E-state index contributed by atoms with van der Waals surface area (Å²) in [5.41, 5.74) is 2.11. The van der Waals surface area contributed by atoms with E-state index in [0.717, 1.165) is 36.8 Å². The van der Waals surface area contributed by atoms with Crippen LogP contribution < -0.4 is 4.74 Å². The van der Waals surface area contributed by atoms with Gasteiger partial charge in [0.05, 0.1) is 19.0 Å². The first kappa shape index (κ1) is 25.3. The molecular weight excluding hydrogens is 382 g/mol. The lowest BCUT2D eigenvalue weighted by Gasteiger charge is -2.07. The van der Waals surface area contributed by atoms with E-state index in [2.05, 4.69) is 41.8 Å². The maximum atomic E-state index is 5.78. The first-order chi connectivity index (χ1) is 15.2. The molecule has 0 amide bonds. The molecule has 0 N–H and O–H groups in total. The molecule has 0 saturated heterocycles. The summed E-state index contributed by atoms with van der Waals surface area (Å²) in [6, 6.07) is 4.19. The highest BCUT2D eigenvalue weighted by atomic mass is 16.5. The van der Waals surface area contributed by atoms with E-state index in [1.807, 2.05) is 12.3 Å². The third-order valence-corrected chi connectivity index (χ3v) is 5.70. The Kier molecular flexibility index (Phi) is 12.9. The van der Waals surface area contributed by atoms with Gasteiger partial charge in [-0.1, -0.05) is 91.0 Å². The van der Waals surface area contributed by atoms with Crippen LogP contribution >= 0.6 is 0 Å². The van der Waals surface area contributed by atoms with Crippen molar-refractivity contribution in [1.29, 1.82) is 0 Å². The Hall–Kier alpha value is -1.97.